The molecular formula is C20H29FN4O. The van der Waals surface area contributed by atoms with E-state index >= 15 is 0 Å². The van der Waals surface area contributed by atoms with Gasteiger partial charge in [-0.15, -0.1) is 0 Å². The first-order chi connectivity index (χ1) is 12.3. The summed E-state index contributed by atoms with van der Waals surface area (Å²) in [5.74, 6) is -0.101. The van der Waals surface area contributed by atoms with Crippen LogP contribution in [0.5, 0.6) is 0 Å². The maximum atomic E-state index is 13.1. The van der Waals surface area contributed by atoms with Gasteiger partial charge in [-0.3, -0.25) is 14.4 Å². The van der Waals surface area contributed by atoms with Crippen molar-refractivity contribution in [1.29, 1.82) is 0 Å². The van der Waals surface area contributed by atoms with Crippen LogP contribution in [0.2, 0.25) is 0 Å². The fourth-order valence-electron chi connectivity index (χ4n) is 2.78. The van der Waals surface area contributed by atoms with E-state index in [1.807, 2.05) is 50.6 Å². The van der Waals surface area contributed by atoms with Crippen molar-refractivity contribution in [2.45, 2.75) is 32.7 Å². The molecule has 0 saturated carbocycles. The molecule has 0 fully saturated rings. The van der Waals surface area contributed by atoms with Crippen LogP contribution >= 0.6 is 0 Å². The van der Waals surface area contributed by atoms with Crippen molar-refractivity contribution in [3.63, 3.8) is 0 Å². The van der Waals surface area contributed by atoms with E-state index < -0.39 is 0 Å². The highest BCUT2D eigenvalue weighted by atomic mass is 19.1. The van der Waals surface area contributed by atoms with Crippen LogP contribution < -0.4 is 0 Å². The molecule has 0 atom stereocenters. The maximum absolute atomic E-state index is 13.1. The van der Waals surface area contributed by atoms with Crippen molar-refractivity contribution in [3.8, 4) is 11.3 Å². The van der Waals surface area contributed by atoms with Crippen LogP contribution in [0.1, 0.15) is 26.0 Å². The number of benzene rings is 1. The van der Waals surface area contributed by atoms with Crippen molar-refractivity contribution in [3.05, 3.63) is 41.8 Å². The Morgan fingerprint density at radius 3 is 2.50 bits per heavy atom. The molecule has 142 valence electrons. The number of carbonyl (C=O) groups excluding carboxylic acids is 1. The Morgan fingerprint density at radius 2 is 1.88 bits per heavy atom. The molecule has 26 heavy (non-hydrogen) atoms. The molecule has 0 N–H and O–H groups in total. The van der Waals surface area contributed by atoms with E-state index in [9.17, 15) is 9.18 Å². The number of amides is 1. The van der Waals surface area contributed by atoms with Gasteiger partial charge in [0.15, 0.2) is 0 Å². The summed E-state index contributed by atoms with van der Waals surface area (Å²) < 4.78 is 14.9. The lowest BCUT2D eigenvalue weighted by Gasteiger charge is -2.24. The average molecular weight is 360 g/mol. The number of aromatic nitrogens is 2. The standard InChI is InChI=1S/C20H29FN4O/c1-15(2)24(4)20(26)14-23(3)12-6-7-18-13-19(25(5)22-18)16-8-10-17(21)11-9-16/h8-11,13,15H,6-7,12,14H2,1-5H3. The summed E-state index contributed by atoms with van der Waals surface area (Å²) in [5, 5.41) is 4.55. The zero-order valence-corrected chi connectivity index (χ0v) is 16.4. The quantitative estimate of drug-likeness (QED) is 0.727. The van der Waals surface area contributed by atoms with Crippen molar-refractivity contribution in [2.75, 3.05) is 27.2 Å². The Hall–Kier alpha value is -2.21. The highest BCUT2D eigenvalue weighted by Crippen LogP contribution is 2.20. The zero-order chi connectivity index (χ0) is 19.3. The summed E-state index contributed by atoms with van der Waals surface area (Å²) >= 11 is 0. The third-order valence-corrected chi connectivity index (χ3v) is 4.62. The minimum Gasteiger partial charge on any atom is -0.342 e. The molecule has 0 spiro atoms. The molecule has 1 heterocycles. The number of likely N-dealkylation sites (N-methyl/N-ethyl adjacent to an activating group) is 2. The third-order valence-electron chi connectivity index (χ3n) is 4.62. The van der Waals surface area contributed by atoms with Gasteiger partial charge in [0.25, 0.3) is 0 Å². The van der Waals surface area contributed by atoms with E-state index in [1.54, 1.807) is 17.0 Å². The molecule has 0 aliphatic carbocycles. The van der Waals surface area contributed by atoms with Crippen LogP contribution in [0.4, 0.5) is 4.39 Å². The maximum Gasteiger partial charge on any atom is 0.236 e. The minimum absolute atomic E-state index is 0.138. The first-order valence-corrected chi connectivity index (χ1v) is 9.01. The van der Waals surface area contributed by atoms with Crippen LogP contribution in [0.25, 0.3) is 11.3 Å². The van der Waals surface area contributed by atoms with Gasteiger partial charge in [-0.1, -0.05) is 0 Å². The molecule has 0 aliphatic heterocycles. The number of aryl methyl sites for hydroxylation is 2. The lowest BCUT2D eigenvalue weighted by molar-refractivity contribution is -0.132. The van der Waals surface area contributed by atoms with E-state index in [0.29, 0.717) is 6.54 Å². The average Bonchev–Trinajstić information content (AvgIpc) is 2.95. The zero-order valence-electron chi connectivity index (χ0n) is 16.4. The Morgan fingerprint density at radius 1 is 1.23 bits per heavy atom. The van der Waals surface area contributed by atoms with Gasteiger partial charge in [-0.05, 0) is 76.2 Å². The molecule has 1 amide bonds. The molecule has 0 radical (unpaired) electrons. The van der Waals surface area contributed by atoms with Gasteiger partial charge in [-0.2, -0.15) is 5.10 Å². The second kappa shape index (κ2) is 8.94. The van der Waals surface area contributed by atoms with Gasteiger partial charge in [0.1, 0.15) is 5.82 Å². The molecule has 1 aromatic heterocycles. The predicted molar refractivity (Wildman–Crippen MR) is 102 cm³/mol. The smallest absolute Gasteiger partial charge is 0.236 e. The fourth-order valence-corrected chi connectivity index (χ4v) is 2.78. The molecule has 2 rings (SSSR count). The van der Waals surface area contributed by atoms with Crippen molar-refractivity contribution in [2.24, 2.45) is 7.05 Å². The van der Waals surface area contributed by atoms with E-state index in [1.165, 1.54) is 12.1 Å². The summed E-state index contributed by atoms with van der Waals surface area (Å²) in [4.78, 5) is 15.9. The minimum atomic E-state index is -0.239. The van der Waals surface area contributed by atoms with E-state index in [0.717, 1.165) is 36.3 Å². The molecule has 1 aromatic carbocycles. The summed E-state index contributed by atoms with van der Waals surface area (Å²) in [6.45, 7) is 5.28. The van der Waals surface area contributed by atoms with Gasteiger partial charge in [0.05, 0.1) is 17.9 Å². The lowest BCUT2D eigenvalue weighted by atomic mass is 10.1. The highest BCUT2D eigenvalue weighted by Gasteiger charge is 2.14. The van der Waals surface area contributed by atoms with E-state index in [4.69, 9.17) is 0 Å². The Balaban J connectivity index is 1.86. The summed E-state index contributed by atoms with van der Waals surface area (Å²) in [6, 6.07) is 8.71. The first-order valence-electron chi connectivity index (χ1n) is 9.01. The van der Waals surface area contributed by atoms with E-state index in [-0.39, 0.29) is 17.8 Å². The van der Waals surface area contributed by atoms with Gasteiger partial charge >= 0.3 is 0 Å². The molecule has 5 nitrogen and oxygen atoms in total. The number of hydrogen-bond donors (Lipinski definition) is 0. The molecular weight excluding hydrogens is 331 g/mol. The monoisotopic (exact) mass is 360 g/mol. The second-order valence-electron chi connectivity index (χ2n) is 7.09. The van der Waals surface area contributed by atoms with Crippen LogP contribution in [0, 0.1) is 5.82 Å². The first kappa shape index (κ1) is 20.1. The van der Waals surface area contributed by atoms with Gasteiger partial charge in [0, 0.05) is 20.1 Å². The predicted octanol–water partition coefficient (Wildman–Crippen LogP) is 2.96. The second-order valence-corrected chi connectivity index (χ2v) is 7.09. The number of nitrogens with zero attached hydrogens (tertiary/aromatic N) is 4. The normalized spacial score (nSPS) is 11.4. The van der Waals surface area contributed by atoms with Crippen LogP contribution in [0.15, 0.2) is 30.3 Å². The Bertz CT molecular complexity index is 724. The molecule has 0 bridgehead atoms. The van der Waals surface area contributed by atoms with Gasteiger partial charge < -0.3 is 4.90 Å². The summed E-state index contributed by atoms with van der Waals surface area (Å²) in [7, 11) is 5.70. The SMILES string of the molecule is CC(C)N(C)C(=O)CN(C)CCCc1cc(-c2ccc(F)cc2)n(C)n1. The van der Waals surface area contributed by atoms with Crippen molar-refractivity contribution < 1.29 is 9.18 Å². The van der Waals surface area contributed by atoms with Gasteiger partial charge in [0.2, 0.25) is 5.91 Å². The number of halogens is 1. The summed E-state index contributed by atoms with van der Waals surface area (Å²) in [5.41, 5.74) is 2.93. The number of hydrogen-bond acceptors (Lipinski definition) is 3. The van der Waals surface area contributed by atoms with Crippen LogP contribution in [0.3, 0.4) is 0 Å². The number of carbonyl (C=O) groups is 1. The van der Waals surface area contributed by atoms with E-state index in [2.05, 4.69) is 5.10 Å². The molecule has 0 aliphatic rings. The Kier molecular flexibility index (Phi) is 6.91. The van der Waals surface area contributed by atoms with Crippen LogP contribution in [-0.2, 0) is 18.3 Å². The highest BCUT2D eigenvalue weighted by molar-refractivity contribution is 5.78. The van der Waals surface area contributed by atoms with Crippen molar-refractivity contribution in [1.82, 2.24) is 19.6 Å². The molecule has 0 saturated heterocycles. The largest absolute Gasteiger partial charge is 0.342 e. The molecule has 6 heteroatoms. The van der Waals surface area contributed by atoms with Crippen molar-refractivity contribution >= 4 is 5.91 Å². The molecule has 2 aromatic rings. The number of rotatable bonds is 8. The Labute approximate surface area is 155 Å². The van der Waals surface area contributed by atoms with Gasteiger partial charge in [-0.25, -0.2) is 4.39 Å². The summed E-state index contributed by atoms with van der Waals surface area (Å²) in [6.07, 6.45) is 1.77. The fraction of sp³-hybridized carbons (Fsp3) is 0.500. The topological polar surface area (TPSA) is 41.4 Å². The van der Waals surface area contributed by atoms with Crippen LogP contribution in [-0.4, -0.2) is 58.7 Å². The third kappa shape index (κ3) is 5.39. The molecule has 0 unspecified atom stereocenters. The lowest BCUT2D eigenvalue weighted by Crippen LogP contribution is -2.40.